The molecule has 0 aromatic heterocycles. The van der Waals surface area contributed by atoms with Gasteiger partial charge >= 0.3 is 0 Å². The molecular formula is C14H24N2O2S. The summed E-state index contributed by atoms with van der Waals surface area (Å²) >= 11 is 0. The Morgan fingerprint density at radius 3 is 2.37 bits per heavy atom. The summed E-state index contributed by atoms with van der Waals surface area (Å²) in [5, 5.41) is 0. The third-order valence-electron chi connectivity index (χ3n) is 3.06. The van der Waals surface area contributed by atoms with Crippen LogP contribution in [-0.4, -0.2) is 25.3 Å². The van der Waals surface area contributed by atoms with Crippen LogP contribution in [0.3, 0.4) is 0 Å². The van der Waals surface area contributed by atoms with Crippen molar-refractivity contribution >= 4 is 15.7 Å². The van der Waals surface area contributed by atoms with Gasteiger partial charge in [0.1, 0.15) is 4.90 Å². The summed E-state index contributed by atoms with van der Waals surface area (Å²) in [6.45, 7) is 6.43. The minimum Gasteiger partial charge on any atom is -0.398 e. The molecule has 4 nitrogen and oxygen atoms in total. The Labute approximate surface area is 116 Å². The lowest BCUT2D eigenvalue weighted by atomic mass is 10.2. The first-order valence-corrected chi connectivity index (χ1v) is 8.21. The molecule has 19 heavy (non-hydrogen) atoms. The van der Waals surface area contributed by atoms with E-state index < -0.39 is 10.0 Å². The summed E-state index contributed by atoms with van der Waals surface area (Å²) in [5.74, 6) is 0. The van der Waals surface area contributed by atoms with Crippen LogP contribution in [0.5, 0.6) is 0 Å². The molecule has 0 saturated carbocycles. The average Bonchev–Trinajstić information content (AvgIpc) is 2.34. The minimum atomic E-state index is -3.50. The molecule has 2 N–H and O–H groups in total. The zero-order valence-corrected chi connectivity index (χ0v) is 12.8. The molecule has 0 spiro atoms. The van der Waals surface area contributed by atoms with Gasteiger partial charge in [0, 0.05) is 12.6 Å². The van der Waals surface area contributed by atoms with Crippen LogP contribution in [0, 0.1) is 0 Å². The molecule has 0 bridgehead atoms. The van der Waals surface area contributed by atoms with E-state index >= 15 is 0 Å². The van der Waals surface area contributed by atoms with E-state index in [9.17, 15) is 8.42 Å². The van der Waals surface area contributed by atoms with Crippen LogP contribution in [0.2, 0.25) is 0 Å². The number of hydrogen-bond acceptors (Lipinski definition) is 3. The van der Waals surface area contributed by atoms with E-state index in [-0.39, 0.29) is 10.9 Å². The van der Waals surface area contributed by atoms with E-state index in [2.05, 4.69) is 6.92 Å². The SMILES string of the molecule is CCCCCN(C(C)C)S(=O)(=O)c1ccccc1N. The first-order chi connectivity index (χ1) is 8.91. The van der Waals surface area contributed by atoms with E-state index in [1.54, 1.807) is 24.3 Å². The van der Waals surface area contributed by atoms with Gasteiger partial charge in [-0.25, -0.2) is 8.42 Å². The number of rotatable bonds is 7. The lowest BCUT2D eigenvalue weighted by Gasteiger charge is -2.26. The Hall–Kier alpha value is -1.07. The molecule has 1 aromatic carbocycles. The molecule has 0 unspecified atom stereocenters. The maximum atomic E-state index is 12.6. The molecule has 0 aliphatic heterocycles. The van der Waals surface area contributed by atoms with Crippen molar-refractivity contribution in [1.29, 1.82) is 0 Å². The highest BCUT2D eigenvalue weighted by Gasteiger charge is 2.27. The fraction of sp³-hybridized carbons (Fsp3) is 0.571. The number of hydrogen-bond donors (Lipinski definition) is 1. The molecule has 108 valence electrons. The molecule has 0 amide bonds. The molecule has 0 aliphatic rings. The van der Waals surface area contributed by atoms with Gasteiger partial charge in [0.05, 0.1) is 5.69 Å². The smallest absolute Gasteiger partial charge is 0.245 e. The molecule has 0 saturated heterocycles. The largest absolute Gasteiger partial charge is 0.398 e. The molecule has 0 fully saturated rings. The number of nitrogens with zero attached hydrogens (tertiary/aromatic N) is 1. The predicted molar refractivity (Wildman–Crippen MR) is 79.4 cm³/mol. The van der Waals surface area contributed by atoms with Crippen LogP contribution in [-0.2, 0) is 10.0 Å². The lowest BCUT2D eigenvalue weighted by Crippen LogP contribution is -2.38. The third kappa shape index (κ3) is 3.94. The lowest BCUT2D eigenvalue weighted by molar-refractivity contribution is 0.346. The zero-order chi connectivity index (χ0) is 14.5. The summed E-state index contributed by atoms with van der Waals surface area (Å²) in [6, 6.07) is 6.57. The first-order valence-electron chi connectivity index (χ1n) is 6.77. The number of unbranched alkanes of at least 4 members (excludes halogenated alkanes) is 2. The van der Waals surface area contributed by atoms with Crippen LogP contribution >= 0.6 is 0 Å². The van der Waals surface area contributed by atoms with Gasteiger partial charge in [-0.05, 0) is 32.4 Å². The number of sulfonamides is 1. The highest BCUT2D eigenvalue weighted by molar-refractivity contribution is 7.89. The van der Waals surface area contributed by atoms with Crippen LogP contribution in [0.1, 0.15) is 40.0 Å². The Kier molecular flexibility index (Phi) is 5.82. The number of benzene rings is 1. The molecular weight excluding hydrogens is 260 g/mol. The molecule has 0 radical (unpaired) electrons. The number of nitrogens with two attached hydrogens (primary N) is 1. The van der Waals surface area contributed by atoms with E-state index in [0.29, 0.717) is 12.2 Å². The van der Waals surface area contributed by atoms with Crippen molar-refractivity contribution in [3.63, 3.8) is 0 Å². The molecule has 1 aromatic rings. The summed E-state index contributed by atoms with van der Waals surface area (Å²) in [4.78, 5) is 0.209. The minimum absolute atomic E-state index is 0.0681. The summed E-state index contributed by atoms with van der Waals surface area (Å²) < 4.78 is 26.8. The Morgan fingerprint density at radius 2 is 1.84 bits per heavy atom. The second-order valence-corrected chi connectivity index (χ2v) is 6.81. The molecule has 5 heteroatoms. The van der Waals surface area contributed by atoms with E-state index in [0.717, 1.165) is 19.3 Å². The standard InChI is InChI=1S/C14H24N2O2S/c1-4-5-8-11-16(12(2)3)19(17,18)14-10-7-6-9-13(14)15/h6-7,9-10,12H,4-5,8,11,15H2,1-3H3. The summed E-state index contributed by atoms with van der Waals surface area (Å²) in [6.07, 6.45) is 2.98. The fourth-order valence-corrected chi connectivity index (χ4v) is 3.81. The maximum absolute atomic E-state index is 12.6. The normalized spacial score (nSPS) is 12.3. The third-order valence-corrected chi connectivity index (χ3v) is 5.21. The number of para-hydroxylation sites is 1. The van der Waals surface area contributed by atoms with Gasteiger partial charge in [-0.2, -0.15) is 4.31 Å². The molecule has 0 heterocycles. The second-order valence-electron chi connectivity index (χ2n) is 4.95. The van der Waals surface area contributed by atoms with Crippen molar-refractivity contribution in [3.05, 3.63) is 24.3 Å². The van der Waals surface area contributed by atoms with Gasteiger partial charge in [0.2, 0.25) is 10.0 Å². The topological polar surface area (TPSA) is 63.4 Å². The van der Waals surface area contributed by atoms with Crippen molar-refractivity contribution in [3.8, 4) is 0 Å². The van der Waals surface area contributed by atoms with Gasteiger partial charge in [0.15, 0.2) is 0 Å². The number of anilines is 1. The summed E-state index contributed by atoms with van der Waals surface area (Å²) in [7, 11) is -3.50. The highest BCUT2D eigenvalue weighted by Crippen LogP contribution is 2.24. The van der Waals surface area contributed by atoms with Crippen LogP contribution in [0.25, 0.3) is 0 Å². The maximum Gasteiger partial charge on any atom is 0.245 e. The Bertz CT molecular complexity index is 498. The fourth-order valence-electron chi connectivity index (χ4n) is 2.02. The quantitative estimate of drug-likeness (QED) is 0.618. The van der Waals surface area contributed by atoms with Gasteiger partial charge in [0.25, 0.3) is 0 Å². The van der Waals surface area contributed by atoms with Gasteiger partial charge in [-0.1, -0.05) is 31.9 Å². The van der Waals surface area contributed by atoms with Crippen LogP contribution in [0.15, 0.2) is 29.2 Å². The molecule has 0 atom stereocenters. The van der Waals surface area contributed by atoms with Crippen molar-refractivity contribution in [1.82, 2.24) is 4.31 Å². The van der Waals surface area contributed by atoms with Gasteiger partial charge in [-0.3, -0.25) is 0 Å². The van der Waals surface area contributed by atoms with Gasteiger partial charge < -0.3 is 5.73 Å². The van der Waals surface area contributed by atoms with Crippen molar-refractivity contribution in [2.24, 2.45) is 0 Å². The first kappa shape index (κ1) is 16.0. The highest BCUT2D eigenvalue weighted by atomic mass is 32.2. The Balaban J connectivity index is 3.03. The monoisotopic (exact) mass is 284 g/mol. The predicted octanol–water partition coefficient (Wildman–Crippen LogP) is 2.86. The second kappa shape index (κ2) is 6.91. The van der Waals surface area contributed by atoms with E-state index in [1.165, 1.54) is 4.31 Å². The molecule has 0 aliphatic carbocycles. The van der Waals surface area contributed by atoms with Gasteiger partial charge in [-0.15, -0.1) is 0 Å². The van der Waals surface area contributed by atoms with Crippen molar-refractivity contribution in [2.75, 3.05) is 12.3 Å². The van der Waals surface area contributed by atoms with Crippen LogP contribution in [0.4, 0.5) is 5.69 Å². The van der Waals surface area contributed by atoms with Crippen LogP contribution < -0.4 is 5.73 Å². The zero-order valence-electron chi connectivity index (χ0n) is 12.0. The Morgan fingerprint density at radius 1 is 1.21 bits per heavy atom. The molecule has 1 rings (SSSR count). The summed E-state index contributed by atoms with van der Waals surface area (Å²) in [5.41, 5.74) is 6.10. The van der Waals surface area contributed by atoms with Crippen molar-refractivity contribution < 1.29 is 8.42 Å². The van der Waals surface area contributed by atoms with E-state index in [4.69, 9.17) is 5.73 Å². The number of nitrogen functional groups attached to an aromatic ring is 1. The van der Waals surface area contributed by atoms with E-state index in [1.807, 2.05) is 13.8 Å². The average molecular weight is 284 g/mol. The van der Waals surface area contributed by atoms with Crippen molar-refractivity contribution in [2.45, 2.75) is 51.0 Å².